The molecular formula is C17H15F3NO2. The lowest BCUT2D eigenvalue weighted by Gasteiger charge is -2.22. The minimum Gasteiger partial charge on any atom is -0.449 e. The van der Waals surface area contributed by atoms with Gasteiger partial charge < -0.3 is 4.74 Å². The van der Waals surface area contributed by atoms with E-state index < -0.39 is 17.8 Å². The van der Waals surface area contributed by atoms with Gasteiger partial charge in [-0.05, 0) is 49.7 Å². The van der Waals surface area contributed by atoms with Gasteiger partial charge in [-0.25, -0.2) is 9.69 Å². The molecule has 0 saturated heterocycles. The number of carbonyl (C=O) groups is 1. The number of ether oxygens (including phenoxy) is 1. The Labute approximate surface area is 132 Å². The van der Waals surface area contributed by atoms with Gasteiger partial charge in [0.2, 0.25) is 0 Å². The van der Waals surface area contributed by atoms with Crippen molar-refractivity contribution < 1.29 is 22.7 Å². The molecule has 3 nitrogen and oxygen atoms in total. The van der Waals surface area contributed by atoms with Crippen LogP contribution in [0.2, 0.25) is 0 Å². The topological polar surface area (TPSA) is 29.5 Å². The first kappa shape index (κ1) is 16.9. The Balaban J connectivity index is 2.36. The molecule has 0 unspecified atom stereocenters. The molecule has 0 aliphatic carbocycles. The van der Waals surface area contributed by atoms with Crippen molar-refractivity contribution in [2.45, 2.75) is 12.6 Å². The Morgan fingerprint density at radius 3 is 2.09 bits per heavy atom. The summed E-state index contributed by atoms with van der Waals surface area (Å²) in [6, 6.07) is 12.9. The first-order chi connectivity index (χ1) is 10.9. The van der Waals surface area contributed by atoms with E-state index in [0.29, 0.717) is 17.8 Å². The second kappa shape index (κ2) is 7.17. The average molecular weight is 322 g/mol. The maximum Gasteiger partial charge on any atom is 0.418 e. The van der Waals surface area contributed by atoms with Crippen LogP contribution >= 0.6 is 0 Å². The van der Waals surface area contributed by atoms with E-state index in [1.807, 2.05) is 0 Å². The van der Waals surface area contributed by atoms with Crippen LogP contribution in [0.1, 0.15) is 12.0 Å². The van der Waals surface area contributed by atoms with Crippen LogP contribution in [0.25, 0.3) is 0 Å². The molecule has 2 aromatic carbocycles. The maximum atomic E-state index is 12.7. The number of amides is 1. The van der Waals surface area contributed by atoms with Gasteiger partial charge in [0, 0.05) is 0 Å². The summed E-state index contributed by atoms with van der Waals surface area (Å²) in [5.74, 6) is 0. The van der Waals surface area contributed by atoms with Crippen LogP contribution in [0.15, 0.2) is 54.6 Å². The molecule has 0 N–H and O–H groups in total. The van der Waals surface area contributed by atoms with Crippen LogP contribution in [0.5, 0.6) is 0 Å². The van der Waals surface area contributed by atoms with Crippen molar-refractivity contribution >= 4 is 17.5 Å². The van der Waals surface area contributed by atoms with Gasteiger partial charge in [-0.3, -0.25) is 0 Å². The van der Waals surface area contributed by atoms with Crippen LogP contribution in [0.3, 0.4) is 0 Å². The Morgan fingerprint density at radius 1 is 1.00 bits per heavy atom. The van der Waals surface area contributed by atoms with E-state index in [4.69, 9.17) is 4.74 Å². The van der Waals surface area contributed by atoms with Crippen molar-refractivity contribution in [3.63, 3.8) is 0 Å². The molecule has 0 spiro atoms. The highest BCUT2D eigenvalue weighted by molar-refractivity contribution is 5.95. The van der Waals surface area contributed by atoms with E-state index in [-0.39, 0.29) is 6.61 Å². The molecule has 0 saturated carbocycles. The molecule has 0 aliphatic heterocycles. The predicted octanol–water partition coefficient (Wildman–Crippen LogP) is 5.20. The zero-order valence-corrected chi connectivity index (χ0v) is 12.2. The second-order valence-electron chi connectivity index (χ2n) is 4.68. The molecule has 0 heterocycles. The van der Waals surface area contributed by atoms with Crippen LogP contribution in [0.4, 0.5) is 29.3 Å². The number of para-hydroxylation sites is 1. The van der Waals surface area contributed by atoms with Crippen molar-refractivity contribution in [1.29, 1.82) is 0 Å². The molecule has 121 valence electrons. The summed E-state index contributed by atoms with van der Waals surface area (Å²) in [7, 11) is 0. The first-order valence-electron chi connectivity index (χ1n) is 6.92. The number of alkyl halides is 3. The second-order valence-corrected chi connectivity index (χ2v) is 4.68. The molecule has 1 radical (unpaired) electrons. The number of halogens is 3. The molecule has 1 amide bonds. The van der Waals surface area contributed by atoms with Gasteiger partial charge in [-0.2, -0.15) is 13.2 Å². The molecule has 0 bridgehead atoms. The van der Waals surface area contributed by atoms with Crippen LogP contribution < -0.4 is 4.90 Å². The van der Waals surface area contributed by atoms with Gasteiger partial charge in [0.1, 0.15) is 0 Å². The molecule has 23 heavy (non-hydrogen) atoms. The highest BCUT2D eigenvalue weighted by Gasteiger charge is 2.30. The van der Waals surface area contributed by atoms with Crippen molar-refractivity contribution in [2.75, 3.05) is 11.5 Å². The lowest BCUT2D eigenvalue weighted by atomic mass is 10.2. The lowest BCUT2D eigenvalue weighted by Crippen LogP contribution is -2.27. The lowest BCUT2D eigenvalue weighted by molar-refractivity contribution is -0.137. The number of nitrogens with zero attached hydrogens (tertiary/aromatic N) is 1. The third-order valence-corrected chi connectivity index (χ3v) is 3.02. The van der Waals surface area contributed by atoms with Crippen molar-refractivity contribution in [3.05, 3.63) is 67.1 Å². The van der Waals surface area contributed by atoms with Gasteiger partial charge >= 0.3 is 12.3 Å². The number of anilines is 2. The zero-order valence-electron chi connectivity index (χ0n) is 12.2. The summed E-state index contributed by atoms with van der Waals surface area (Å²) in [5, 5.41) is 0. The monoisotopic (exact) mass is 322 g/mol. The fourth-order valence-electron chi connectivity index (χ4n) is 1.96. The van der Waals surface area contributed by atoms with E-state index in [2.05, 4.69) is 6.92 Å². The number of rotatable bonds is 4. The molecule has 0 aliphatic rings. The van der Waals surface area contributed by atoms with Crippen molar-refractivity contribution in [1.82, 2.24) is 0 Å². The maximum absolute atomic E-state index is 12.7. The molecule has 0 atom stereocenters. The Hall–Kier alpha value is -2.50. The largest absolute Gasteiger partial charge is 0.449 e. The summed E-state index contributed by atoms with van der Waals surface area (Å²) in [4.78, 5) is 13.5. The molecule has 6 heteroatoms. The van der Waals surface area contributed by atoms with E-state index >= 15 is 0 Å². The normalized spacial score (nSPS) is 11.1. The smallest absolute Gasteiger partial charge is 0.418 e. The molecule has 2 aromatic rings. The first-order valence-corrected chi connectivity index (χ1v) is 6.92. The number of benzene rings is 2. The Bertz CT molecular complexity index is 639. The predicted molar refractivity (Wildman–Crippen MR) is 81.3 cm³/mol. The fourth-order valence-corrected chi connectivity index (χ4v) is 1.96. The quantitative estimate of drug-likeness (QED) is 0.774. The van der Waals surface area contributed by atoms with Gasteiger partial charge in [0.25, 0.3) is 0 Å². The highest BCUT2D eigenvalue weighted by Crippen LogP contribution is 2.32. The minimum atomic E-state index is -4.43. The van der Waals surface area contributed by atoms with Crippen LogP contribution in [-0.4, -0.2) is 12.7 Å². The third-order valence-electron chi connectivity index (χ3n) is 3.02. The fraction of sp³-hybridized carbons (Fsp3) is 0.176. The molecule has 0 aromatic heterocycles. The van der Waals surface area contributed by atoms with E-state index in [1.54, 1.807) is 30.3 Å². The van der Waals surface area contributed by atoms with E-state index in [0.717, 1.165) is 12.1 Å². The highest BCUT2D eigenvalue weighted by atomic mass is 19.4. The van der Waals surface area contributed by atoms with E-state index in [9.17, 15) is 18.0 Å². The summed E-state index contributed by atoms with van der Waals surface area (Å²) in [6.07, 6.45) is -4.69. The molecule has 0 fully saturated rings. The summed E-state index contributed by atoms with van der Waals surface area (Å²) >= 11 is 0. The molecule has 2 rings (SSSR count). The Kier molecular flexibility index (Phi) is 5.26. The summed E-state index contributed by atoms with van der Waals surface area (Å²) in [6.45, 7) is 3.71. The van der Waals surface area contributed by atoms with Gasteiger partial charge in [-0.15, -0.1) is 0 Å². The number of carbonyl (C=O) groups excluding carboxylic acids is 1. The minimum absolute atomic E-state index is 0.128. The van der Waals surface area contributed by atoms with Crippen molar-refractivity contribution in [2.24, 2.45) is 0 Å². The van der Waals surface area contributed by atoms with Crippen molar-refractivity contribution in [3.8, 4) is 0 Å². The van der Waals surface area contributed by atoms with Gasteiger partial charge in [0.15, 0.2) is 0 Å². The third kappa shape index (κ3) is 4.25. The van der Waals surface area contributed by atoms with Crippen LogP contribution in [0, 0.1) is 6.92 Å². The van der Waals surface area contributed by atoms with Gasteiger partial charge in [-0.1, -0.05) is 18.2 Å². The summed E-state index contributed by atoms with van der Waals surface area (Å²) < 4.78 is 43.0. The summed E-state index contributed by atoms with van der Waals surface area (Å²) in [5.41, 5.74) is 0.0139. The zero-order chi connectivity index (χ0) is 16.9. The average Bonchev–Trinajstić information content (AvgIpc) is 2.54. The van der Waals surface area contributed by atoms with Crippen LogP contribution in [-0.2, 0) is 10.9 Å². The molecular weight excluding hydrogens is 307 g/mol. The van der Waals surface area contributed by atoms with E-state index in [1.165, 1.54) is 17.0 Å². The van der Waals surface area contributed by atoms with Gasteiger partial charge in [0.05, 0.1) is 23.5 Å². The SMILES string of the molecule is [CH2]CCOC(=O)N(c1ccccc1)c1ccc(C(F)(F)F)cc1. The number of hydrogen-bond acceptors (Lipinski definition) is 2. The standard InChI is InChI=1S/C17H15F3NO2/c1-2-12-23-16(22)21(14-6-4-3-5-7-14)15-10-8-13(9-11-15)17(18,19)20/h3-11H,1-2,12H2. The number of hydrogen-bond donors (Lipinski definition) is 0. The Morgan fingerprint density at radius 2 is 1.57 bits per heavy atom.